The standard InChI is InChI=1S/C24H25N3O4/c1-16-12-17(2)14-21(13-16)27(11-3-10-25)22(28)15-31-24(30)19-6-8-20(9-7-19)26-23(29)18-4-5-18/h6-9,12-14,18H,3-5,11,15H2,1-2H3,(H,26,29). The Bertz CT molecular complexity index is 1000. The molecule has 0 aliphatic heterocycles. The van der Waals surface area contributed by atoms with E-state index in [1.807, 2.05) is 38.1 Å². The predicted octanol–water partition coefficient (Wildman–Crippen LogP) is 3.76. The number of hydrogen-bond donors (Lipinski definition) is 1. The van der Waals surface area contributed by atoms with Gasteiger partial charge in [0.1, 0.15) is 0 Å². The number of benzene rings is 2. The van der Waals surface area contributed by atoms with Gasteiger partial charge in [0.05, 0.1) is 18.1 Å². The molecule has 2 aromatic rings. The molecular formula is C24H25N3O4. The first kappa shape index (κ1) is 22.0. The zero-order chi connectivity index (χ0) is 22.4. The van der Waals surface area contributed by atoms with Crippen molar-refractivity contribution in [1.29, 1.82) is 5.26 Å². The Labute approximate surface area is 181 Å². The van der Waals surface area contributed by atoms with E-state index in [1.165, 1.54) is 4.90 Å². The number of aryl methyl sites for hydroxylation is 2. The number of amides is 2. The molecule has 1 aliphatic carbocycles. The Balaban J connectivity index is 1.60. The van der Waals surface area contributed by atoms with Gasteiger partial charge in [0.15, 0.2) is 6.61 Å². The predicted molar refractivity (Wildman–Crippen MR) is 117 cm³/mol. The van der Waals surface area contributed by atoms with E-state index in [0.717, 1.165) is 24.0 Å². The minimum absolute atomic E-state index is 0.00947. The molecule has 7 heteroatoms. The fourth-order valence-corrected chi connectivity index (χ4v) is 3.23. The SMILES string of the molecule is Cc1cc(C)cc(N(CCC#N)C(=O)COC(=O)c2ccc(NC(=O)C3CC3)cc2)c1. The largest absolute Gasteiger partial charge is 0.452 e. The lowest BCUT2D eigenvalue weighted by atomic mass is 10.1. The van der Waals surface area contributed by atoms with Crippen LogP contribution in [0.1, 0.15) is 40.7 Å². The van der Waals surface area contributed by atoms with Crippen LogP contribution in [0.5, 0.6) is 0 Å². The van der Waals surface area contributed by atoms with Crippen molar-refractivity contribution < 1.29 is 19.1 Å². The molecule has 0 heterocycles. The fraction of sp³-hybridized carbons (Fsp3) is 0.333. The van der Waals surface area contributed by atoms with Crippen molar-refractivity contribution in [3.8, 4) is 6.07 Å². The van der Waals surface area contributed by atoms with E-state index < -0.39 is 18.5 Å². The molecule has 1 N–H and O–H groups in total. The number of anilines is 2. The molecule has 1 aliphatic rings. The highest BCUT2D eigenvalue weighted by molar-refractivity contribution is 5.98. The Morgan fingerprint density at radius 1 is 1.10 bits per heavy atom. The first-order chi connectivity index (χ1) is 14.9. The minimum atomic E-state index is -0.630. The summed E-state index contributed by atoms with van der Waals surface area (Å²) in [5.74, 6) is -0.947. The third-order valence-electron chi connectivity index (χ3n) is 4.93. The molecule has 0 spiro atoms. The summed E-state index contributed by atoms with van der Waals surface area (Å²) in [5, 5.41) is 11.7. The molecule has 1 fully saturated rings. The van der Waals surface area contributed by atoms with Gasteiger partial charge in [-0.3, -0.25) is 9.59 Å². The molecule has 0 saturated heterocycles. The topological polar surface area (TPSA) is 99.5 Å². The Hall–Kier alpha value is -3.66. The zero-order valence-corrected chi connectivity index (χ0v) is 17.7. The van der Waals surface area contributed by atoms with Gasteiger partial charge in [0.25, 0.3) is 5.91 Å². The highest BCUT2D eigenvalue weighted by atomic mass is 16.5. The maximum Gasteiger partial charge on any atom is 0.338 e. The van der Waals surface area contributed by atoms with Gasteiger partial charge in [-0.1, -0.05) is 6.07 Å². The van der Waals surface area contributed by atoms with Crippen LogP contribution in [-0.2, 0) is 14.3 Å². The molecule has 3 rings (SSSR count). The normalized spacial score (nSPS) is 12.5. The monoisotopic (exact) mass is 419 g/mol. The van der Waals surface area contributed by atoms with Gasteiger partial charge >= 0.3 is 5.97 Å². The van der Waals surface area contributed by atoms with Gasteiger partial charge in [-0.15, -0.1) is 0 Å². The van der Waals surface area contributed by atoms with Crippen LogP contribution >= 0.6 is 0 Å². The first-order valence-electron chi connectivity index (χ1n) is 10.2. The van der Waals surface area contributed by atoms with E-state index in [9.17, 15) is 14.4 Å². The second kappa shape index (κ2) is 9.90. The fourth-order valence-electron chi connectivity index (χ4n) is 3.23. The quantitative estimate of drug-likeness (QED) is 0.657. The van der Waals surface area contributed by atoms with Crippen molar-refractivity contribution in [2.24, 2.45) is 5.92 Å². The summed E-state index contributed by atoms with van der Waals surface area (Å²) >= 11 is 0. The molecule has 1 saturated carbocycles. The molecule has 31 heavy (non-hydrogen) atoms. The van der Waals surface area contributed by atoms with Crippen molar-refractivity contribution in [3.63, 3.8) is 0 Å². The summed E-state index contributed by atoms with van der Waals surface area (Å²) in [6, 6.07) is 14.1. The molecule has 0 bridgehead atoms. The highest BCUT2D eigenvalue weighted by Gasteiger charge is 2.29. The van der Waals surface area contributed by atoms with Gasteiger partial charge in [-0.05, 0) is 74.2 Å². The van der Waals surface area contributed by atoms with Gasteiger partial charge < -0.3 is 15.0 Å². The summed E-state index contributed by atoms with van der Waals surface area (Å²) in [7, 11) is 0. The van der Waals surface area contributed by atoms with Gasteiger partial charge in [0.2, 0.25) is 5.91 Å². The maximum absolute atomic E-state index is 12.7. The average Bonchev–Trinajstić information content (AvgIpc) is 3.57. The van der Waals surface area contributed by atoms with E-state index in [4.69, 9.17) is 10.00 Å². The number of nitrogens with one attached hydrogen (secondary N) is 1. The van der Waals surface area contributed by atoms with Crippen molar-refractivity contribution >= 4 is 29.2 Å². The van der Waals surface area contributed by atoms with E-state index in [2.05, 4.69) is 5.32 Å². The molecule has 0 radical (unpaired) electrons. The number of carbonyl (C=O) groups excluding carboxylic acids is 3. The van der Waals surface area contributed by atoms with Crippen LogP contribution in [0.3, 0.4) is 0 Å². The summed E-state index contributed by atoms with van der Waals surface area (Å²) in [6.45, 7) is 3.64. The minimum Gasteiger partial charge on any atom is -0.452 e. The number of nitriles is 1. The Morgan fingerprint density at radius 2 is 1.74 bits per heavy atom. The molecule has 160 valence electrons. The van der Waals surface area contributed by atoms with Crippen LogP contribution in [-0.4, -0.2) is 30.9 Å². The van der Waals surface area contributed by atoms with Gasteiger partial charge in [-0.2, -0.15) is 5.26 Å². The lowest BCUT2D eigenvalue weighted by Crippen LogP contribution is -2.35. The summed E-state index contributed by atoms with van der Waals surface area (Å²) in [4.78, 5) is 38.4. The maximum atomic E-state index is 12.7. The molecule has 0 unspecified atom stereocenters. The number of nitrogens with zero attached hydrogens (tertiary/aromatic N) is 2. The molecule has 0 aromatic heterocycles. The van der Waals surface area contributed by atoms with Gasteiger partial charge in [-0.25, -0.2) is 4.79 Å². The van der Waals surface area contributed by atoms with Crippen molar-refractivity contribution in [3.05, 3.63) is 59.2 Å². The second-order valence-corrected chi connectivity index (χ2v) is 7.72. The summed E-state index contributed by atoms with van der Waals surface area (Å²) in [6.07, 6.45) is 2.00. The van der Waals surface area contributed by atoms with E-state index >= 15 is 0 Å². The third-order valence-corrected chi connectivity index (χ3v) is 4.93. The van der Waals surface area contributed by atoms with Gasteiger partial charge in [0, 0.05) is 23.8 Å². The van der Waals surface area contributed by atoms with Crippen molar-refractivity contribution in [2.45, 2.75) is 33.1 Å². The van der Waals surface area contributed by atoms with Crippen LogP contribution in [0.25, 0.3) is 0 Å². The van der Waals surface area contributed by atoms with Crippen molar-refractivity contribution in [1.82, 2.24) is 0 Å². The second-order valence-electron chi connectivity index (χ2n) is 7.72. The molecule has 0 atom stereocenters. The zero-order valence-electron chi connectivity index (χ0n) is 17.7. The van der Waals surface area contributed by atoms with Crippen molar-refractivity contribution in [2.75, 3.05) is 23.4 Å². The Morgan fingerprint density at radius 3 is 2.32 bits per heavy atom. The summed E-state index contributed by atoms with van der Waals surface area (Å²) in [5.41, 5.74) is 3.56. The van der Waals surface area contributed by atoms with Crippen LogP contribution in [0.2, 0.25) is 0 Å². The summed E-state index contributed by atoms with van der Waals surface area (Å²) < 4.78 is 5.20. The van der Waals surface area contributed by atoms with E-state index in [-0.39, 0.29) is 30.4 Å². The molecular weight excluding hydrogens is 394 g/mol. The molecule has 2 amide bonds. The average molecular weight is 419 g/mol. The van der Waals surface area contributed by atoms with Crippen LogP contribution < -0.4 is 10.2 Å². The molecule has 2 aromatic carbocycles. The van der Waals surface area contributed by atoms with E-state index in [1.54, 1.807) is 24.3 Å². The number of rotatable bonds is 8. The van der Waals surface area contributed by atoms with E-state index in [0.29, 0.717) is 11.4 Å². The number of ether oxygens (including phenoxy) is 1. The Kier molecular flexibility index (Phi) is 7.03. The third kappa shape index (κ3) is 6.16. The highest BCUT2D eigenvalue weighted by Crippen LogP contribution is 2.30. The van der Waals surface area contributed by atoms with Crippen LogP contribution in [0.15, 0.2) is 42.5 Å². The van der Waals surface area contributed by atoms with Crippen LogP contribution in [0, 0.1) is 31.1 Å². The number of esters is 1. The molecule has 7 nitrogen and oxygen atoms in total. The smallest absolute Gasteiger partial charge is 0.338 e. The lowest BCUT2D eigenvalue weighted by Gasteiger charge is -2.22. The lowest BCUT2D eigenvalue weighted by molar-refractivity contribution is -0.121. The number of hydrogen-bond acceptors (Lipinski definition) is 5. The van der Waals surface area contributed by atoms with Crippen LogP contribution in [0.4, 0.5) is 11.4 Å². The first-order valence-corrected chi connectivity index (χ1v) is 10.2. The number of carbonyl (C=O) groups is 3.